The molecule has 0 aromatic heterocycles. The molecule has 0 radical (unpaired) electrons. The van der Waals surface area contributed by atoms with Gasteiger partial charge < -0.3 is 24.4 Å². The molecule has 34 heavy (non-hydrogen) atoms. The van der Waals surface area contributed by atoms with Crippen LogP contribution in [0.15, 0.2) is 36.1 Å². The summed E-state index contributed by atoms with van der Waals surface area (Å²) in [6, 6.07) is 0.226. The molecule has 0 aromatic carbocycles. The van der Waals surface area contributed by atoms with Crippen LogP contribution in [0.1, 0.15) is 47.0 Å². The normalized spacial score (nSPS) is 51.4. The van der Waals surface area contributed by atoms with Gasteiger partial charge in [-0.3, -0.25) is 4.90 Å². The summed E-state index contributed by atoms with van der Waals surface area (Å²) < 4.78 is 19.3. The fourth-order valence-corrected chi connectivity index (χ4v) is 8.04. The molecular weight excluding hydrogens is 430 g/mol. The average molecular weight is 474 g/mol. The van der Waals surface area contributed by atoms with Crippen LogP contribution in [-0.2, 0) is 14.2 Å². The predicted octanol–water partition coefficient (Wildman–Crippen LogP) is 3.30. The SMILES string of the molecule is C=C1O[C@H]([C@@H](C)O)[C@H](C)/C=C(\C)[C@]23O[C@@H]4[C@H](C=C[C@@H]2C[C@@H]1OC)[C@H]3[C@H](O)[C@@H](C)[C@@H]4N1CCCC1. The van der Waals surface area contributed by atoms with Crippen LogP contribution in [-0.4, -0.2) is 77.5 Å². The zero-order valence-electron chi connectivity index (χ0n) is 21.4. The number of ether oxygens (including phenoxy) is 3. The monoisotopic (exact) mass is 473 g/mol. The van der Waals surface area contributed by atoms with Crippen LogP contribution in [0.2, 0.25) is 0 Å². The highest BCUT2D eigenvalue weighted by Crippen LogP contribution is 2.61. The first-order valence-electron chi connectivity index (χ1n) is 13.2. The summed E-state index contributed by atoms with van der Waals surface area (Å²) in [6.45, 7) is 14.6. The molecule has 12 atom stereocenters. The number of aliphatic hydroxyl groups excluding tert-OH is 2. The van der Waals surface area contributed by atoms with Crippen LogP contribution < -0.4 is 0 Å². The Balaban J connectivity index is 1.62. The summed E-state index contributed by atoms with van der Waals surface area (Å²) in [5.41, 5.74) is 0.537. The molecule has 2 N–H and O–H groups in total. The van der Waals surface area contributed by atoms with Crippen molar-refractivity contribution in [2.45, 2.75) is 89.1 Å². The van der Waals surface area contributed by atoms with Gasteiger partial charge in [0, 0.05) is 42.7 Å². The van der Waals surface area contributed by atoms with E-state index in [1.807, 2.05) is 0 Å². The van der Waals surface area contributed by atoms with E-state index in [9.17, 15) is 10.2 Å². The quantitative estimate of drug-likeness (QED) is 0.613. The van der Waals surface area contributed by atoms with Crippen LogP contribution in [0.4, 0.5) is 0 Å². The Morgan fingerprint density at radius 1 is 1.24 bits per heavy atom. The minimum absolute atomic E-state index is 0.000851. The van der Waals surface area contributed by atoms with Gasteiger partial charge in [0.05, 0.1) is 18.3 Å². The van der Waals surface area contributed by atoms with E-state index in [1.165, 1.54) is 12.8 Å². The zero-order valence-corrected chi connectivity index (χ0v) is 21.4. The molecule has 5 aliphatic rings. The highest BCUT2D eigenvalue weighted by Gasteiger charge is 2.68. The van der Waals surface area contributed by atoms with Crippen LogP contribution in [0, 0.1) is 29.6 Å². The molecule has 0 unspecified atom stereocenters. The number of nitrogens with zero attached hydrogens (tertiary/aromatic N) is 1. The molecule has 3 heterocycles. The molecule has 2 saturated heterocycles. The van der Waals surface area contributed by atoms with Crippen molar-refractivity contribution in [3.63, 3.8) is 0 Å². The fraction of sp³-hybridized carbons (Fsp3) is 0.786. The number of hydrogen-bond acceptors (Lipinski definition) is 6. The number of rotatable bonds is 3. The molecule has 3 fully saturated rings. The van der Waals surface area contributed by atoms with E-state index >= 15 is 0 Å². The molecule has 190 valence electrons. The van der Waals surface area contributed by atoms with E-state index < -0.39 is 23.9 Å². The van der Waals surface area contributed by atoms with Gasteiger partial charge in [-0.2, -0.15) is 0 Å². The van der Waals surface area contributed by atoms with E-state index in [4.69, 9.17) is 14.2 Å². The summed E-state index contributed by atoms with van der Waals surface area (Å²) in [4.78, 5) is 2.56. The van der Waals surface area contributed by atoms with Gasteiger partial charge in [0.1, 0.15) is 23.6 Å². The lowest BCUT2D eigenvalue weighted by Crippen LogP contribution is -2.59. The third kappa shape index (κ3) is 3.55. The molecule has 1 saturated carbocycles. The Morgan fingerprint density at radius 2 is 1.94 bits per heavy atom. The number of methoxy groups -OCH3 is 1. The fourth-order valence-electron chi connectivity index (χ4n) is 8.04. The Labute approximate surface area is 204 Å². The number of aliphatic hydroxyl groups is 2. The van der Waals surface area contributed by atoms with Crippen molar-refractivity contribution in [2.24, 2.45) is 29.6 Å². The third-order valence-electron chi connectivity index (χ3n) is 9.60. The van der Waals surface area contributed by atoms with Crippen molar-refractivity contribution >= 4 is 0 Å². The van der Waals surface area contributed by atoms with Gasteiger partial charge in [-0.25, -0.2) is 0 Å². The minimum atomic E-state index is -0.658. The molecule has 4 bridgehead atoms. The highest BCUT2D eigenvalue weighted by molar-refractivity contribution is 5.35. The van der Waals surface area contributed by atoms with Crippen LogP contribution in [0.25, 0.3) is 0 Å². The first kappa shape index (κ1) is 24.5. The second kappa shape index (κ2) is 9.04. The van der Waals surface area contributed by atoms with E-state index in [-0.39, 0.29) is 47.8 Å². The maximum absolute atomic E-state index is 11.8. The molecule has 1 spiro atoms. The second-order valence-electron chi connectivity index (χ2n) is 11.5. The first-order valence-corrected chi connectivity index (χ1v) is 13.2. The molecule has 0 amide bonds. The maximum Gasteiger partial charge on any atom is 0.130 e. The zero-order chi connectivity index (χ0) is 24.4. The predicted molar refractivity (Wildman–Crippen MR) is 131 cm³/mol. The minimum Gasteiger partial charge on any atom is -0.489 e. The van der Waals surface area contributed by atoms with Gasteiger partial charge in [-0.15, -0.1) is 0 Å². The summed E-state index contributed by atoms with van der Waals surface area (Å²) in [7, 11) is 1.69. The highest BCUT2D eigenvalue weighted by atomic mass is 16.5. The van der Waals surface area contributed by atoms with Crippen molar-refractivity contribution < 1.29 is 24.4 Å². The van der Waals surface area contributed by atoms with Gasteiger partial charge in [0.15, 0.2) is 0 Å². The Morgan fingerprint density at radius 3 is 2.59 bits per heavy atom. The van der Waals surface area contributed by atoms with Gasteiger partial charge in [-0.05, 0) is 51.8 Å². The number of hydrogen-bond donors (Lipinski definition) is 2. The topological polar surface area (TPSA) is 71.4 Å². The van der Waals surface area contributed by atoms with Crippen molar-refractivity contribution in [1.29, 1.82) is 0 Å². The molecule has 0 aromatic rings. The lowest BCUT2D eigenvalue weighted by molar-refractivity contribution is -0.0932. The van der Waals surface area contributed by atoms with Gasteiger partial charge >= 0.3 is 0 Å². The van der Waals surface area contributed by atoms with Crippen molar-refractivity contribution in [3.8, 4) is 0 Å². The summed E-state index contributed by atoms with van der Waals surface area (Å²) >= 11 is 0. The summed E-state index contributed by atoms with van der Waals surface area (Å²) in [5, 5.41) is 22.4. The third-order valence-corrected chi connectivity index (χ3v) is 9.60. The molecule has 5 rings (SSSR count). The van der Waals surface area contributed by atoms with E-state index in [0.717, 1.165) is 18.7 Å². The Hall–Kier alpha value is -1.18. The molecule has 3 aliphatic heterocycles. The van der Waals surface area contributed by atoms with Gasteiger partial charge in [0.2, 0.25) is 0 Å². The average Bonchev–Trinajstić information content (AvgIpc) is 3.38. The molecule has 2 aliphatic carbocycles. The first-order chi connectivity index (χ1) is 16.2. The summed E-state index contributed by atoms with van der Waals surface area (Å²) in [6.07, 6.45) is 8.15. The largest absolute Gasteiger partial charge is 0.489 e. The lowest BCUT2D eigenvalue weighted by Gasteiger charge is -2.50. The number of likely N-dealkylation sites (tertiary alicyclic amines) is 1. The Kier molecular flexibility index (Phi) is 6.52. The van der Waals surface area contributed by atoms with Gasteiger partial charge in [0.25, 0.3) is 0 Å². The smallest absolute Gasteiger partial charge is 0.130 e. The van der Waals surface area contributed by atoms with Gasteiger partial charge in [-0.1, -0.05) is 38.7 Å². The molecule has 6 nitrogen and oxygen atoms in total. The second-order valence-corrected chi connectivity index (χ2v) is 11.5. The van der Waals surface area contributed by atoms with E-state index in [2.05, 4.69) is 50.5 Å². The summed E-state index contributed by atoms with van der Waals surface area (Å²) in [5.74, 6) is 0.875. The van der Waals surface area contributed by atoms with Crippen LogP contribution in [0.5, 0.6) is 0 Å². The molecular formula is C28H43NO5. The van der Waals surface area contributed by atoms with Crippen molar-refractivity contribution in [3.05, 3.63) is 36.1 Å². The van der Waals surface area contributed by atoms with E-state index in [0.29, 0.717) is 12.2 Å². The lowest BCUT2D eigenvalue weighted by atomic mass is 9.57. The van der Waals surface area contributed by atoms with Crippen molar-refractivity contribution in [2.75, 3.05) is 20.2 Å². The van der Waals surface area contributed by atoms with Crippen molar-refractivity contribution in [1.82, 2.24) is 4.90 Å². The Bertz CT molecular complexity index is 848. The molecule has 6 heteroatoms. The standard InChI is InChI=1S/C28H43NO5/c1-15-13-16(2)28-20(14-22(32-6)19(5)33-26(15)18(4)30)9-10-21-23(28)25(31)17(3)24(27(21)34-28)29-11-7-8-12-29/h9-10,13,15,17-18,20-27,30-31H,5,7-8,11-12,14H2,1-4,6H3/b16-13+/t15-,17+,18-,20-,21-,22+,23+,24+,25-,26+,27-,28+/m1/s1. The maximum atomic E-state index is 11.8. The van der Waals surface area contributed by atoms with E-state index in [1.54, 1.807) is 14.0 Å². The van der Waals surface area contributed by atoms with Crippen LogP contribution in [0.3, 0.4) is 0 Å². The van der Waals surface area contributed by atoms with Crippen LogP contribution >= 0.6 is 0 Å².